The number of nitrogens with one attached hydrogen (secondary N) is 1. The van der Waals surface area contributed by atoms with Crippen molar-refractivity contribution in [1.82, 2.24) is 14.5 Å². The molecular weight excluding hydrogens is 447 g/mol. The molecule has 2 amide bonds. The zero-order valence-electron chi connectivity index (χ0n) is 19.6. The molecule has 0 spiro atoms. The summed E-state index contributed by atoms with van der Waals surface area (Å²) in [5.74, 6) is -1.79. The van der Waals surface area contributed by atoms with E-state index in [0.29, 0.717) is 6.54 Å². The van der Waals surface area contributed by atoms with E-state index in [2.05, 4.69) is 5.32 Å². The molecule has 0 aliphatic rings. The third-order valence-electron chi connectivity index (χ3n) is 5.13. The van der Waals surface area contributed by atoms with Crippen molar-refractivity contribution in [1.29, 1.82) is 0 Å². The van der Waals surface area contributed by atoms with Gasteiger partial charge in [-0.05, 0) is 38.5 Å². The monoisotopic (exact) mass is 478 g/mol. The number of para-hydroxylation sites is 1. The van der Waals surface area contributed by atoms with Gasteiger partial charge < -0.3 is 10.2 Å². The minimum absolute atomic E-state index is 0.0878. The molecule has 2 aromatic rings. The van der Waals surface area contributed by atoms with Gasteiger partial charge in [-0.1, -0.05) is 42.0 Å². The summed E-state index contributed by atoms with van der Waals surface area (Å²) in [5.41, 5.74) is 1.56. The Morgan fingerprint density at radius 1 is 1.06 bits per heavy atom. The van der Waals surface area contributed by atoms with Gasteiger partial charge in [0.1, 0.15) is 18.4 Å². The molecule has 0 saturated carbocycles. The summed E-state index contributed by atoms with van der Waals surface area (Å²) in [6.45, 7) is 5.07. The number of nitrogens with zero attached hydrogens (tertiary/aromatic N) is 3. The predicted molar refractivity (Wildman–Crippen MR) is 126 cm³/mol. The molecule has 0 heterocycles. The third kappa shape index (κ3) is 6.52. The van der Waals surface area contributed by atoms with Gasteiger partial charge in [0.25, 0.3) is 0 Å². The molecule has 0 radical (unpaired) electrons. The molecule has 2 rings (SSSR count). The lowest BCUT2D eigenvalue weighted by Gasteiger charge is -2.32. The number of carbonyl (C=O) groups excluding carboxylic acids is 2. The van der Waals surface area contributed by atoms with Crippen LogP contribution in [0.1, 0.15) is 25.0 Å². The highest BCUT2D eigenvalue weighted by molar-refractivity contribution is 7.90. The van der Waals surface area contributed by atoms with Gasteiger partial charge in [0.15, 0.2) is 0 Å². The number of halogens is 1. The lowest BCUT2D eigenvalue weighted by atomic mass is 10.1. The summed E-state index contributed by atoms with van der Waals surface area (Å²) in [4.78, 5) is 27.3. The van der Waals surface area contributed by atoms with E-state index in [-0.39, 0.29) is 18.1 Å². The molecule has 0 aromatic heterocycles. The van der Waals surface area contributed by atoms with E-state index in [9.17, 15) is 22.4 Å². The molecule has 2 aromatic carbocycles. The highest BCUT2D eigenvalue weighted by atomic mass is 32.2. The highest BCUT2D eigenvalue weighted by Crippen LogP contribution is 2.23. The normalized spacial score (nSPS) is 12.3. The van der Waals surface area contributed by atoms with Gasteiger partial charge in [0, 0.05) is 27.2 Å². The smallest absolute Gasteiger partial charge is 0.304 e. The largest absolute Gasteiger partial charge is 0.355 e. The Balaban J connectivity index is 2.45. The molecular formula is C23H31FN4O4S. The van der Waals surface area contributed by atoms with Crippen LogP contribution in [0.5, 0.6) is 0 Å². The van der Waals surface area contributed by atoms with Gasteiger partial charge in [-0.25, -0.2) is 8.70 Å². The predicted octanol–water partition coefficient (Wildman–Crippen LogP) is 2.30. The lowest BCUT2D eigenvalue weighted by molar-refractivity contribution is -0.139. The van der Waals surface area contributed by atoms with Gasteiger partial charge in [0.05, 0.1) is 5.69 Å². The summed E-state index contributed by atoms with van der Waals surface area (Å²) < 4.78 is 42.1. The Kier molecular flexibility index (Phi) is 8.95. The average molecular weight is 479 g/mol. The van der Waals surface area contributed by atoms with Crippen LogP contribution in [0.3, 0.4) is 0 Å². The second kappa shape index (κ2) is 11.2. The van der Waals surface area contributed by atoms with Gasteiger partial charge in [0.2, 0.25) is 11.8 Å². The maximum Gasteiger partial charge on any atom is 0.304 e. The van der Waals surface area contributed by atoms with E-state index >= 15 is 0 Å². The third-order valence-corrected chi connectivity index (χ3v) is 6.94. The second-order valence-electron chi connectivity index (χ2n) is 7.83. The summed E-state index contributed by atoms with van der Waals surface area (Å²) in [6.07, 6.45) is 0. The van der Waals surface area contributed by atoms with E-state index in [1.165, 1.54) is 37.2 Å². The van der Waals surface area contributed by atoms with Crippen LogP contribution in [0.15, 0.2) is 48.5 Å². The van der Waals surface area contributed by atoms with E-state index in [4.69, 9.17) is 0 Å². The summed E-state index contributed by atoms with van der Waals surface area (Å²) in [7, 11) is -1.60. The lowest BCUT2D eigenvalue weighted by Crippen LogP contribution is -2.52. The minimum Gasteiger partial charge on any atom is -0.355 e. The van der Waals surface area contributed by atoms with E-state index in [1.54, 1.807) is 13.8 Å². The first-order valence-corrected chi connectivity index (χ1v) is 12.0. The fraction of sp³-hybridized carbons (Fsp3) is 0.391. The number of benzene rings is 2. The van der Waals surface area contributed by atoms with Gasteiger partial charge in [-0.15, -0.1) is 0 Å². The molecule has 0 saturated heterocycles. The number of carbonyl (C=O) groups is 2. The number of amides is 2. The number of hydrogen-bond acceptors (Lipinski definition) is 4. The molecule has 0 aliphatic heterocycles. The van der Waals surface area contributed by atoms with Crippen LogP contribution in [0.2, 0.25) is 0 Å². The molecule has 180 valence electrons. The average Bonchev–Trinajstić information content (AvgIpc) is 2.77. The quantitative estimate of drug-likeness (QED) is 0.568. The Bertz CT molecular complexity index is 1070. The van der Waals surface area contributed by atoms with Crippen LogP contribution in [-0.4, -0.2) is 62.7 Å². The van der Waals surface area contributed by atoms with Gasteiger partial charge in [-0.2, -0.15) is 12.7 Å². The van der Waals surface area contributed by atoms with Crippen molar-refractivity contribution >= 4 is 27.7 Å². The molecule has 0 fully saturated rings. The zero-order chi connectivity index (χ0) is 24.8. The van der Waals surface area contributed by atoms with Crippen molar-refractivity contribution in [3.8, 4) is 0 Å². The first kappa shape index (κ1) is 26.3. The van der Waals surface area contributed by atoms with Crippen LogP contribution in [0.25, 0.3) is 0 Å². The van der Waals surface area contributed by atoms with Gasteiger partial charge in [-0.3, -0.25) is 9.59 Å². The first-order chi connectivity index (χ1) is 15.5. The molecule has 0 aliphatic carbocycles. The number of anilines is 1. The van der Waals surface area contributed by atoms with Crippen LogP contribution >= 0.6 is 0 Å². The zero-order valence-corrected chi connectivity index (χ0v) is 20.4. The Labute approximate surface area is 195 Å². The maximum atomic E-state index is 14.5. The topological polar surface area (TPSA) is 90.0 Å². The molecule has 10 heteroatoms. The minimum atomic E-state index is -4.20. The van der Waals surface area contributed by atoms with Crippen molar-refractivity contribution in [2.24, 2.45) is 0 Å². The molecule has 1 N–H and O–H groups in total. The Hall–Kier alpha value is -2.98. The molecule has 33 heavy (non-hydrogen) atoms. The van der Waals surface area contributed by atoms with Crippen molar-refractivity contribution in [3.05, 3.63) is 65.5 Å². The van der Waals surface area contributed by atoms with Crippen LogP contribution in [0, 0.1) is 12.7 Å². The van der Waals surface area contributed by atoms with E-state index in [0.717, 1.165) is 25.8 Å². The van der Waals surface area contributed by atoms with Crippen LogP contribution in [0.4, 0.5) is 10.1 Å². The summed E-state index contributed by atoms with van der Waals surface area (Å²) >= 11 is 0. The van der Waals surface area contributed by atoms with Crippen molar-refractivity contribution in [2.45, 2.75) is 33.4 Å². The summed E-state index contributed by atoms with van der Waals surface area (Å²) in [5, 5.41) is 2.69. The second-order valence-corrected chi connectivity index (χ2v) is 9.89. The number of hydrogen-bond donors (Lipinski definition) is 1. The molecule has 1 atom stereocenters. The van der Waals surface area contributed by atoms with Crippen molar-refractivity contribution < 1.29 is 22.4 Å². The SMILES string of the molecule is CCNC(=O)C(C)N(Cc1ccc(C)cc1)C(=O)CN(c1ccccc1F)S(=O)(=O)N(C)C. The fourth-order valence-corrected chi connectivity index (χ4v) is 4.22. The number of rotatable bonds is 10. The summed E-state index contributed by atoms with van der Waals surface area (Å²) in [6, 6.07) is 11.9. The Morgan fingerprint density at radius 3 is 2.21 bits per heavy atom. The fourth-order valence-electron chi connectivity index (χ4n) is 3.15. The standard InChI is InChI=1S/C23H31FN4O4S/c1-6-25-23(30)18(3)27(15-19-13-11-17(2)12-14-19)22(29)16-28(33(31,32)26(4)5)21-10-8-7-9-20(21)24/h7-14,18H,6,15-16H2,1-5H3,(H,25,30). The van der Waals surface area contributed by atoms with Gasteiger partial charge >= 0.3 is 10.2 Å². The molecule has 8 nitrogen and oxygen atoms in total. The number of likely N-dealkylation sites (N-methyl/N-ethyl adjacent to an activating group) is 1. The van der Waals surface area contributed by atoms with Crippen LogP contribution < -0.4 is 9.62 Å². The van der Waals surface area contributed by atoms with Crippen LogP contribution in [-0.2, 0) is 26.3 Å². The molecule has 0 bridgehead atoms. The Morgan fingerprint density at radius 2 is 1.67 bits per heavy atom. The van der Waals surface area contributed by atoms with E-state index < -0.39 is 34.5 Å². The van der Waals surface area contributed by atoms with Crippen molar-refractivity contribution in [2.75, 3.05) is 31.5 Å². The number of aryl methyl sites for hydroxylation is 1. The highest BCUT2D eigenvalue weighted by Gasteiger charge is 2.33. The first-order valence-electron chi connectivity index (χ1n) is 10.6. The van der Waals surface area contributed by atoms with E-state index in [1.807, 2.05) is 31.2 Å². The molecule has 1 unspecified atom stereocenters. The maximum absolute atomic E-state index is 14.5. The van der Waals surface area contributed by atoms with Crippen molar-refractivity contribution in [3.63, 3.8) is 0 Å².